The molecule has 0 bridgehead atoms. The van der Waals surface area contributed by atoms with Gasteiger partial charge < -0.3 is 5.32 Å². The number of carbonyl (C=O) groups excluding carboxylic acids is 3. The van der Waals surface area contributed by atoms with Crippen LogP contribution in [0.1, 0.15) is 76.5 Å². The Labute approximate surface area is 136 Å². The minimum absolute atomic E-state index is 0.160. The SMILES string of the molecule is CCCCN1C(=O)c2ccc(C(=O)NC3CCCC3)cc2C1=O. The van der Waals surface area contributed by atoms with Crippen molar-refractivity contribution in [2.24, 2.45) is 0 Å². The van der Waals surface area contributed by atoms with Crippen LogP contribution in [0.15, 0.2) is 18.2 Å². The second-order valence-corrected chi connectivity index (χ2v) is 6.33. The molecule has 1 aromatic carbocycles. The number of fused-ring (bicyclic) bond motifs is 1. The van der Waals surface area contributed by atoms with Crippen molar-refractivity contribution in [3.8, 4) is 0 Å². The van der Waals surface area contributed by atoms with Crippen LogP contribution in [0.4, 0.5) is 0 Å². The van der Waals surface area contributed by atoms with E-state index in [0.29, 0.717) is 23.2 Å². The van der Waals surface area contributed by atoms with Gasteiger partial charge in [-0.05, 0) is 37.5 Å². The molecule has 1 aromatic rings. The molecule has 0 aromatic heterocycles. The minimum atomic E-state index is -0.283. The van der Waals surface area contributed by atoms with Crippen molar-refractivity contribution in [2.45, 2.75) is 51.5 Å². The number of rotatable bonds is 5. The summed E-state index contributed by atoms with van der Waals surface area (Å²) < 4.78 is 0. The molecular formula is C18H22N2O3. The molecule has 2 aliphatic rings. The van der Waals surface area contributed by atoms with Gasteiger partial charge in [0.15, 0.2) is 0 Å². The highest BCUT2D eigenvalue weighted by atomic mass is 16.2. The van der Waals surface area contributed by atoms with Crippen molar-refractivity contribution >= 4 is 17.7 Å². The average molecular weight is 314 g/mol. The summed E-state index contributed by atoms with van der Waals surface area (Å²) in [6, 6.07) is 5.03. The summed E-state index contributed by atoms with van der Waals surface area (Å²) in [4.78, 5) is 38.3. The van der Waals surface area contributed by atoms with Gasteiger partial charge in [0.2, 0.25) is 0 Å². The van der Waals surface area contributed by atoms with E-state index in [1.165, 1.54) is 4.90 Å². The van der Waals surface area contributed by atoms with Crippen LogP contribution in [0.2, 0.25) is 0 Å². The lowest BCUT2D eigenvalue weighted by molar-refractivity contribution is 0.0652. The highest BCUT2D eigenvalue weighted by Crippen LogP contribution is 2.25. The highest BCUT2D eigenvalue weighted by Gasteiger charge is 2.35. The molecule has 0 unspecified atom stereocenters. The maximum Gasteiger partial charge on any atom is 0.261 e. The number of nitrogens with one attached hydrogen (secondary N) is 1. The van der Waals surface area contributed by atoms with Gasteiger partial charge in [-0.3, -0.25) is 19.3 Å². The molecule has 3 rings (SSSR count). The fourth-order valence-corrected chi connectivity index (χ4v) is 3.29. The molecule has 1 heterocycles. The van der Waals surface area contributed by atoms with Gasteiger partial charge in [0.05, 0.1) is 11.1 Å². The Morgan fingerprint density at radius 1 is 1.17 bits per heavy atom. The van der Waals surface area contributed by atoms with Gasteiger partial charge in [-0.15, -0.1) is 0 Å². The second-order valence-electron chi connectivity index (χ2n) is 6.33. The van der Waals surface area contributed by atoms with Gasteiger partial charge in [0.25, 0.3) is 17.7 Å². The number of imide groups is 1. The summed E-state index contributed by atoms with van der Waals surface area (Å²) in [5.74, 6) is -0.692. The van der Waals surface area contributed by atoms with E-state index >= 15 is 0 Å². The molecule has 0 radical (unpaired) electrons. The Balaban J connectivity index is 1.78. The Morgan fingerprint density at radius 2 is 1.87 bits per heavy atom. The van der Waals surface area contributed by atoms with E-state index in [2.05, 4.69) is 5.32 Å². The molecule has 1 N–H and O–H groups in total. The van der Waals surface area contributed by atoms with E-state index in [4.69, 9.17) is 0 Å². The smallest absolute Gasteiger partial charge is 0.261 e. The lowest BCUT2D eigenvalue weighted by Gasteiger charge is -2.12. The molecule has 1 fully saturated rings. The zero-order valence-corrected chi connectivity index (χ0v) is 13.4. The lowest BCUT2D eigenvalue weighted by atomic mass is 10.0. The van der Waals surface area contributed by atoms with Crippen LogP contribution in [0, 0.1) is 0 Å². The normalized spacial score (nSPS) is 17.7. The lowest BCUT2D eigenvalue weighted by Crippen LogP contribution is -2.32. The van der Waals surface area contributed by atoms with E-state index in [-0.39, 0.29) is 23.8 Å². The molecule has 1 saturated carbocycles. The molecule has 3 amide bonds. The number of amides is 3. The van der Waals surface area contributed by atoms with Gasteiger partial charge in [-0.1, -0.05) is 26.2 Å². The maximum absolute atomic E-state index is 12.4. The minimum Gasteiger partial charge on any atom is -0.349 e. The van der Waals surface area contributed by atoms with Crippen molar-refractivity contribution in [1.82, 2.24) is 10.2 Å². The van der Waals surface area contributed by atoms with Crippen LogP contribution < -0.4 is 5.32 Å². The quantitative estimate of drug-likeness (QED) is 0.850. The molecule has 23 heavy (non-hydrogen) atoms. The molecule has 0 spiro atoms. The number of hydrogen-bond donors (Lipinski definition) is 1. The predicted molar refractivity (Wildman–Crippen MR) is 86.4 cm³/mol. The number of carbonyl (C=O) groups is 3. The van der Waals surface area contributed by atoms with Crippen LogP contribution in [0.25, 0.3) is 0 Å². The third-order valence-electron chi connectivity index (χ3n) is 4.66. The molecule has 5 heteroatoms. The second kappa shape index (κ2) is 6.52. The van der Waals surface area contributed by atoms with Crippen LogP contribution >= 0.6 is 0 Å². The van der Waals surface area contributed by atoms with Crippen molar-refractivity contribution in [3.63, 3.8) is 0 Å². The zero-order chi connectivity index (χ0) is 16.4. The van der Waals surface area contributed by atoms with Gasteiger partial charge in [-0.2, -0.15) is 0 Å². The average Bonchev–Trinajstić information content (AvgIpc) is 3.14. The first-order chi connectivity index (χ1) is 11.1. The van der Waals surface area contributed by atoms with E-state index in [1.807, 2.05) is 6.92 Å². The first-order valence-corrected chi connectivity index (χ1v) is 8.43. The topological polar surface area (TPSA) is 66.5 Å². The van der Waals surface area contributed by atoms with Crippen molar-refractivity contribution in [3.05, 3.63) is 34.9 Å². The van der Waals surface area contributed by atoms with Crippen LogP contribution in [0.5, 0.6) is 0 Å². The molecule has 1 aliphatic heterocycles. The largest absolute Gasteiger partial charge is 0.349 e. The fourth-order valence-electron chi connectivity index (χ4n) is 3.29. The highest BCUT2D eigenvalue weighted by molar-refractivity contribution is 6.22. The standard InChI is InChI=1S/C18H22N2O3/c1-2-3-10-20-17(22)14-9-8-12(11-15(14)18(20)23)16(21)19-13-6-4-5-7-13/h8-9,11,13H,2-7,10H2,1H3,(H,19,21). The van der Waals surface area contributed by atoms with E-state index < -0.39 is 0 Å². The fraction of sp³-hybridized carbons (Fsp3) is 0.500. The molecule has 5 nitrogen and oxygen atoms in total. The first kappa shape index (κ1) is 15.7. The van der Waals surface area contributed by atoms with Crippen LogP contribution in [0.3, 0.4) is 0 Å². The number of unbranched alkanes of at least 4 members (excludes halogenated alkanes) is 1. The summed E-state index contributed by atoms with van der Waals surface area (Å²) in [6.07, 6.45) is 6.03. The molecule has 1 aliphatic carbocycles. The van der Waals surface area contributed by atoms with E-state index in [9.17, 15) is 14.4 Å². The van der Waals surface area contributed by atoms with Crippen LogP contribution in [-0.2, 0) is 0 Å². The number of nitrogens with zero attached hydrogens (tertiary/aromatic N) is 1. The van der Waals surface area contributed by atoms with Crippen molar-refractivity contribution in [2.75, 3.05) is 6.54 Å². The van der Waals surface area contributed by atoms with E-state index in [1.54, 1.807) is 18.2 Å². The number of hydrogen-bond acceptors (Lipinski definition) is 3. The Kier molecular flexibility index (Phi) is 4.46. The zero-order valence-electron chi connectivity index (χ0n) is 13.4. The molecular weight excluding hydrogens is 292 g/mol. The molecule has 0 atom stereocenters. The van der Waals surface area contributed by atoms with Gasteiger partial charge in [-0.25, -0.2) is 0 Å². The number of benzene rings is 1. The molecule has 122 valence electrons. The molecule has 0 saturated heterocycles. The Hall–Kier alpha value is -2.17. The summed E-state index contributed by atoms with van der Waals surface area (Å²) in [7, 11) is 0. The van der Waals surface area contributed by atoms with Gasteiger partial charge in [0, 0.05) is 18.2 Å². The summed E-state index contributed by atoms with van der Waals surface area (Å²) in [6.45, 7) is 2.45. The predicted octanol–water partition coefficient (Wildman–Crippen LogP) is 2.76. The van der Waals surface area contributed by atoms with E-state index in [0.717, 1.165) is 38.5 Å². The monoisotopic (exact) mass is 314 g/mol. The Morgan fingerprint density at radius 3 is 2.57 bits per heavy atom. The van der Waals surface area contributed by atoms with Crippen molar-refractivity contribution in [1.29, 1.82) is 0 Å². The third-order valence-corrected chi connectivity index (χ3v) is 4.66. The Bertz CT molecular complexity index is 648. The summed E-state index contributed by atoms with van der Waals surface area (Å²) in [5, 5.41) is 3.01. The first-order valence-electron chi connectivity index (χ1n) is 8.43. The van der Waals surface area contributed by atoms with Gasteiger partial charge >= 0.3 is 0 Å². The maximum atomic E-state index is 12.4. The van der Waals surface area contributed by atoms with Crippen LogP contribution in [-0.4, -0.2) is 35.2 Å². The van der Waals surface area contributed by atoms with Gasteiger partial charge in [0.1, 0.15) is 0 Å². The third kappa shape index (κ3) is 3.00. The summed E-state index contributed by atoms with van der Waals surface area (Å²) in [5.41, 5.74) is 1.21. The summed E-state index contributed by atoms with van der Waals surface area (Å²) >= 11 is 0. The van der Waals surface area contributed by atoms with Crippen molar-refractivity contribution < 1.29 is 14.4 Å².